The van der Waals surface area contributed by atoms with Crippen molar-refractivity contribution in [2.75, 3.05) is 13.1 Å². The van der Waals surface area contributed by atoms with Crippen LogP contribution >= 0.6 is 0 Å². The van der Waals surface area contributed by atoms with Gasteiger partial charge in [-0.05, 0) is 18.9 Å². The predicted molar refractivity (Wildman–Crippen MR) is 44.0 cm³/mol. The highest BCUT2D eigenvalue weighted by Gasteiger charge is 2.12. The largest absolute Gasteiger partial charge is 0.376 e. The summed E-state index contributed by atoms with van der Waals surface area (Å²) in [5, 5.41) is 0. The lowest BCUT2D eigenvalue weighted by molar-refractivity contribution is -0.104. The van der Waals surface area contributed by atoms with Crippen LogP contribution in [0.5, 0.6) is 0 Å². The Hall–Kier alpha value is -0.830. The normalized spacial score (nSPS) is 25.9. The molecule has 0 aromatic heterocycles. The first kappa shape index (κ1) is 8.27. The third-order valence-corrected chi connectivity index (χ3v) is 1.86. The van der Waals surface area contributed by atoms with Gasteiger partial charge in [0.25, 0.3) is 0 Å². The highest BCUT2D eigenvalue weighted by Crippen LogP contribution is 2.07. The standard InChI is InChI=1S/C8H14N2O/c9-8-3-1-4-10(7-8)5-2-6-11/h2,5-6,8H,1,3-4,7,9H2/t8-/m1/s1. The van der Waals surface area contributed by atoms with Crippen LogP contribution in [0.1, 0.15) is 12.8 Å². The van der Waals surface area contributed by atoms with Crippen LogP contribution in [0, 0.1) is 0 Å². The molecule has 2 N–H and O–H groups in total. The summed E-state index contributed by atoms with van der Waals surface area (Å²) < 4.78 is 0. The van der Waals surface area contributed by atoms with E-state index in [1.54, 1.807) is 0 Å². The van der Waals surface area contributed by atoms with Gasteiger partial charge in [-0.1, -0.05) is 0 Å². The fourth-order valence-electron chi connectivity index (χ4n) is 1.33. The number of hydrogen-bond acceptors (Lipinski definition) is 3. The van der Waals surface area contributed by atoms with Gasteiger partial charge in [-0.3, -0.25) is 4.79 Å². The molecule has 0 unspecified atom stereocenters. The third-order valence-electron chi connectivity index (χ3n) is 1.86. The molecule has 0 amide bonds. The maximum atomic E-state index is 9.98. The minimum atomic E-state index is 0.278. The van der Waals surface area contributed by atoms with Crippen molar-refractivity contribution in [3.05, 3.63) is 12.3 Å². The van der Waals surface area contributed by atoms with E-state index >= 15 is 0 Å². The number of rotatable bonds is 2. The average Bonchev–Trinajstić information content (AvgIpc) is 2.01. The number of aldehydes is 1. The van der Waals surface area contributed by atoms with Crippen LogP contribution in [0.15, 0.2) is 12.3 Å². The summed E-state index contributed by atoms with van der Waals surface area (Å²) in [5.41, 5.74) is 5.73. The Morgan fingerprint density at radius 2 is 2.36 bits per heavy atom. The third kappa shape index (κ3) is 2.72. The van der Waals surface area contributed by atoms with Gasteiger partial charge in [0.15, 0.2) is 0 Å². The van der Waals surface area contributed by atoms with Crippen LogP contribution in [0.2, 0.25) is 0 Å². The first-order valence-corrected chi connectivity index (χ1v) is 3.94. The molecule has 0 aliphatic carbocycles. The maximum Gasteiger partial charge on any atom is 0.144 e. The summed E-state index contributed by atoms with van der Waals surface area (Å²) in [7, 11) is 0. The number of nitrogens with two attached hydrogens (primary N) is 1. The maximum absolute atomic E-state index is 9.98. The van der Waals surface area contributed by atoms with Crippen LogP contribution in [-0.2, 0) is 4.79 Å². The topological polar surface area (TPSA) is 46.3 Å². The zero-order valence-electron chi connectivity index (χ0n) is 6.57. The van der Waals surface area contributed by atoms with Gasteiger partial charge < -0.3 is 10.6 Å². The minimum Gasteiger partial charge on any atom is -0.376 e. The molecular weight excluding hydrogens is 140 g/mol. The van der Waals surface area contributed by atoms with Gasteiger partial charge in [-0.25, -0.2) is 0 Å². The summed E-state index contributed by atoms with van der Waals surface area (Å²) >= 11 is 0. The fraction of sp³-hybridized carbons (Fsp3) is 0.625. The second-order valence-corrected chi connectivity index (χ2v) is 2.87. The average molecular weight is 154 g/mol. The molecule has 1 atom stereocenters. The number of carbonyl (C=O) groups is 1. The van der Waals surface area contributed by atoms with Crippen molar-refractivity contribution in [2.45, 2.75) is 18.9 Å². The van der Waals surface area contributed by atoms with Crippen molar-refractivity contribution in [1.82, 2.24) is 4.90 Å². The molecule has 11 heavy (non-hydrogen) atoms. The van der Waals surface area contributed by atoms with Crippen LogP contribution in [0.4, 0.5) is 0 Å². The Morgan fingerprint density at radius 3 is 3.00 bits per heavy atom. The van der Waals surface area contributed by atoms with Gasteiger partial charge in [0.05, 0.1) is 0 Å². The molecule has 1 fully saturated rings. The Bertz CT molecular complexity index is 156. The molecule has 0 spiro atoms. The van der Waals surface area contributed by atoms with E-state index in [4.69, 9.17) is 5.73 Å². The molecule has 3 nitrogen and oxygen atoms in total. The van der Waals surface area contributed by atoms with Crippen molar-refractivity contribution in [3.63, 3.8) is 0 Å². The molecule has 0 saturated carbocycles. The summed E-state index contributed by atoms with van der Waals surface area (Å²) in [5.74, 6) is 0. The van der Waals surface area contributed by atoms with Crippen molar-refractivity contribution >= 4 is 6.29 Å². The second-order valence-electron chi connectivity index (χ2n) is 2.87. The van der Waals surface area contributed by atoms with Gasteiger partial charge in [0.1, 0.15) is 6.29 Å². The van der Waals surface area contributed by atoms with Gasteiger partial charge in [-0.15, -0.1) is 0 Å². The lowest BCUT2D eigenvalue weighted by Gasteiger charge is -2.29. The van der Waals surface area contributed by atoms with Crippen LogP contribution in [0.3, 0.4) is 0 Å². The molecule has 62 valence electrons. The van der Waals surface area contributed by atoms with Crippen molar-refractivity contribution < 1.29 is 4.79 Å². The Kier molecular flexibility index (Phi) is 3.11. The molecule has 1 rings (SSSR count). The molecular formula is C8H14N2O. The Morgan fingerprint density at radius 1 is 1.55 bits per heavy atom. The number of allylic oxidation sites excluding steroid dienone is 1. The van der Waals surface area contributed by atoms with E-state index in [-0.39, 0.29) is 6.04 Å². The van der Waals surface area contributed by atoms with E-state index in [2.05, 4.69) is 4.90 Å². The van der Waals surface area contributed by atoms with Gasteiger partial charge in [0.2, 0.25) is 0 Å². The molecule has 0 radical (unpaired) electrons. The first-order valence-electron chi connectivity index (χ1n) is 3.94. The zero-order chi connectivity index (χ0) is 8.10. The van der Waals surface area contributed by atoms with Crippen LogP contribution in [0.25, 0.3) is 0 Å². The summed E-state index contributed by atoms with van der Waals surface area (Å²) in [6.07, 6.45) is 6.35. The molecule has 0 bridgehead atoms. The van der Waals surface area contributed by atoms with E-state index < -0.39 is 0 Å². The molecule has 0 aromatic rings. The summed E-state index contributed by atoms with van der Waals surface area (Å²) in [6.45, 7) is 1.91. The quantitative estimate of drug-likeness (QED) is 0.454. The van der Waals surface area contributed by atoms with Crippen molar-refractivity contribution in [3.8, 4) is 0 Å². The number of carbonyl (C=O) groups excluding carboxylic acids is 1. The second kappa shape index (κ2) is 4.13. The summed E-state index contributed by atoms with van der Waals surface area (Å²) in [6, 6.07) is 0.278. The van der Waals surface area contributed by atoms with E-state index in [9.17, 15) is 4.79 Å². The molecule has 1 aliphatic heterocycles. The number of nitrogens with zero attached hydrogens (tertiary/aromatic N) is 1. The highest BCUT2D eigenvalue weighted by atomic mass is 16.1. The van der Waals surface area contributed by atoms with E-state index in [0.29, 0.717) is 0 Å². The molecule has 1 aliphatic rings. The minimum absolute atomic E-state index is 0.278. The van der Waals surface area contributed by atoms with Crippen LogP contribution < -0.4 is 5.73 Å². The van der Waals surface area contributed by atoms with Crippen molar-refractivity contribution in [1.29, 1.82) is 0 Å². The SMILES string of the molecule is N[C@@H]1CCCN(C=CC=O)C1. The van der Waals surface area contributed by atoms with Gasteiger partial charge in [0, 0.05) is 25.3 Å². The molecule has 3 heteroatoms. The zero-order valence-corrected chi connectivity index (χ0v) is 6.57. The monoisotopic (exact) mass is 154 g/mol. The first-order chi connectivity index (χ1) is 5.33. The molecule has 1 saturated heterocycles. The molecule has 1 heterocycles. The Labute approximate surface area is 66.9 Å². The summed E-state index contributed by atoms with van der Waals surface area (Å²) in [4.78, 5) is 12.1. The number of likely N-dealkylation sites (tertiary alicyclic amines) is 1. The van der Waals surface area contributed by atoms with Gasteiger partial charge in [-0.2, -0.15) is 0 Å². The lowest BCUT2D eigenvalue weighted by Crippen LogP contribution is -2.39. The van der Waals surface area contributed by atoms with Crippen molar-refractivity contribution in [2.24, 2.45) is 5.73 Å². The lowest BCUT2D eigenvalue weighted by atomic mass is 10.1. The van der Waals surface area contributed by atoms with Crippen LogP contribution in [-0.4, -0.2) is 30.3 Å². The van der Waals surface area contributed by atoms with E-state index in [1.165, 1.54) is 6.08 Å². The number of piperidine rings is 1. The highest BCUT2D eigenvalue weighted by molar-refractivity contribution is 5.64. The number of hydrogen-bond donors (Lipinski definition) is 1. The molecule has 0 aromatic carbocycles. The predicted octanol–water partition coefficient (Wildman–Crippen LogP) is 0.122. The van der Waals surface area contributed by atoms with E-state index in [0.717, 1.165) is 32.2 Å². The Balaban J connectivity index is 2.33. The fourth-order valence-corrected chi connectivity index (χ4v) is 1.33. The van der Waals surface area contributed by atoms with E-state index in [1.807, 2.05) is 6.20 Å². The van der Waals surface area contributed by atoms with Gasteiger partial charge >= 0.3 is 0 Å². The smallest absolute Gasteiger partial charge is 0.144 e.